The summed E-state index contributed by atoms with van der Waals surface area (Å²) in [5.74, 6) is 0.871. The SMILES string of the molecule is C1=Nc2c(c3cc(-c4cccc(-c5cccc(C6=NC(c7ccccc7)NC(c7ccccc7)N6)c5)c4)ccc3c3ccccc23)NC1. The summed E-state index contributed by atoms with van der Waals surface area (Å²) in [7, 11) is 0. The number of benzene rings is 7. The first-order valence-electron chi connectivity index (χ1n) is 16.4. The molecule has 5 heteroatoms. The zero-order chi connectivity index (χ0) is 31.9. The minimum Gasteiger partial charge on any atom is -0.378 e. The number of nitrogens with one attached hydrogen (secondary N) is 3. The fraction of sp³-hybridized carbons (Fsp3) is 0.0698. The normalized spacial score (nSPS) is 17.0. The van der Waals surface area contributed by atoms with Crippen LogP contribution in [0.5, 0.6) is 0 Å². The van der Waals surface area contributed by atoms with Gasteiger partial charge in [0.1, 0.15) is 18.2 Å². The van der Waals surface area contributed by atoms with E-state index in [1.54, 1.807) is 0 Å². The number of aliphatic imine (C=N–C) groups is 2. The van der Waals surface area contributed by atoms with Gasteiger partial charge in [-0.15, -0.1) is 0 Å². The molecule has 48 heavy (non-hydrogen) atoms. The van der Waals surface area contributed by atoms with Crippen LogP contribution in [-0.4, -0.2) is 18.6 Å². The summed E-state index contributed by atoms with van der Waals surface area (Å²) >= 11 is 0. The fourth-order valence-electron chi connectivity index (χ4n) is 7.00. The number of rotatable bonds is 5. The van der Waals surface area contributed by atoms with Gasteiger partial charge in [0.05, 0.1) is 17.9 Å². The predicted molar refractivity (Wildman–Crippen MR) is 200 cm³/mol. The van der Waals surface area contributed by atoms with E-state index in [1.165, 1.54) is 38.2 Å². The molecule has 7 aromatic rings. The van der Waals surface area contributed by atoms with Gasteiger partial charge in [-0.2, -0.15) is 0 Å². The third-order valence-corrected chi connectivity index (χ3v) is 9.37. The van der Waals surface area contributed by atoms with Crippen molar-refractivity contribution in [3.63, 3.8) is 0 Å². The molecule has 0 saturated heterocycles. The maximum atomic E-state index is 5.16. The van der Waals surface area contributed by atoms with Crippen molar-refractivity contribution in [2.45, 2.75) is 12.3 Å². The van der Waals surface area contributed by atoms with Crippen molar-refractivity contribution in [2.75, 3.05) is 11.9 Å². The van der Waals surface area contributed by atoms with E-state index in [9.17, 15) is 0 Å². The van der Waals surface area contributed by atoms with Crippen molar-refractivity contribution in [3.8, 4) is 22.3 Å². The second-order valence-corrected chi connectivity index (χ2v) is 12.3. The lowest BCUT2D eigenvalue weighted by atomic mass is 9.93. The van der Waals surface area contributed by atoms with E-state index in [0.717, 1.165) is 46.0 Å². The highest BCUT2D eigenvalue weighted by molar-refractivity contribution is 6.21. The van der Waals surface area contributed by atoms with Crippen LogP contribution in [0.3, 0.4) is 0 Å². The molecule has 0 saturated carbocycles. The molecule has 0 radical (unpaired) electrons. The summed E-state index contributed by atoms with van der Waals surface area (Å²) in [5.41, 5.74) is 10.1. The molecule has 3 N–H and O–H groups in total. The Labute approximate surface area is 279 Å². The van der Waals surface area contributed by atoms with Crippen molar-refractivity contribution < 1.29 is 0 Å². The number of hydrogen-bond donors (Lipinski definition) is 3. The van der Waals surface area contributed by atoms with E-state index in [-0.39, 0.29) is 12.3 Å². The Hall–Kier alpha value is -6.04. The fourth-order valence-corrected chi connectivity index (χ4v) is 7.00. The van der Waals surface area contributed by atoms with Gasteiger partial charge in [-0.3, -0.25) is 10.3 Å². The van der Waals surface area contributed by atoms with Gasteiger partial charge in [0.2, 0.25) is 0 Å². The second-order valence-electron chi connectivity index (χ2n) is 12.3. The standard InChI is InChI=1S/C43H33N5/c1-3-11-28(12-4-1)41-46-42(29-13-5-2-6-14-29)48-43(47-41)34-18-10-17-32(26-34)30-15-9-16-31(25-30)33-21-22-36-35-19-7-8-20-37(35)39-40(38(36)27-33)45-24-23-44-39/h1-23,25-27,41-42,45-46H,24H2,(H,47,48). The van der Waals surface area contributed by atoms with Gasteiger partial charge < -0.3 is 10.6 Å². The molecular weight excluding hydrogens is 587 g/mol. The average molecular weight is 620 g/mol. The highest BCUT2D eigenvalue weighted by Gasteiger charge is 2.25. The predicted octanol–water partition coefficient (Wildman–Crippen LogP) is 9.79. The molecular formula is C43H33N5. The van der Waals surface area contributed by atoms with E-state index < -0.39 is 0 Å². The number of fused-ring (bicyclic) bond motifs is 6. The van der Waals surface area contributed by atoms with Gasteiger partial charge in [-0.1, -0.05) is 133 Å². The number of amidine groups is 1. The Balaban J connectivity index is 1.09. The Bertz CT molecular complexity index is 2360. The summed E-state index contributed by atoms with van der Waals surface area (Å²) in [6.45, 7) is 0.727. The molecule has 5 nitrogen and oxygen atoms in total. The van der Waals surface area contributed by atoms with E-state index in [4.69, 9.17) is 9.98 Å². The van der Waals surface area contributed by atoms with Crippen LogP contribution >= 0.6 is 0 Å². The maximum absolute atomic E-state index is 5.16. The van der Waals surface area contributed by atoms with Crippen LogP contribution in [0.2, 0.25) is 0 Å². The Morgan fingerprint density at radius 3 is 1.85 bits per heavy atom. The summed E-state index contributed by atoms with van der Waals surface area (Å²) in [5, 5.41) is 15.8. The lowest BCUT2D eigenvalue weighted by molar-refractivity contribution is 0.409. The highest BCUT2D eigenvalue weighted by atomic mass is 15.3. The van der Waals surface area contributed by atoms with E-state index in [0.29, 0.717) is 0 Å². The Kier molecular flexibility index (Phi) is 7.03. The molecule has 0 aliphatic carbocycles. The molecule has 2 atom stereocenters. The number of anilines is 1. The number of hydrogen-bond acceptors (Lipinski definition) is 5. The lowest BCUT2D eigenvalue weighted by Crippen LogP contribution is -2.44. The monoisotopic (exact) mass is 619 g/mol. The molecule has 0 amide bonds. The van der Waals surface area contributed by atoms with Crippen LogP contribution in [0.4, 0.5) is 11.4 Å². The van der Waals surface area contributed by atoms with Crippen molar-refractivity contribution in [2.24, 2.45) is 9.98 Å². The molecule has 230 valence electrons. The largest absolute Gasteiger partial charge is 0.378 e. The molecule has 9 rings (SSSR count). The first kappa shape index (κ1) is 28.2. The van der Waals surface area contributed by atoms with Gasteiger partial charge >= 0.3 is 0 Å². The molecule has 0 bridgehead atoms. The molecule has 2 unspecified atom stereocenters. The highest BCUT2D eigenvalue weighted by Crippen LogP contribution is 2.44. The molecule has 0 spiro atoms. The molecule has 0 aromatic heterocycles. The van der Waals surface area contributed by atoms with E-state index in [1.807, 2.05) is 18.3 Å². The van der Waals surface area contributed by atoms with Gasteiger partial charge in [0.15, 0.2) is 0 Å². The first-order valence-corrected chi connectivity index (χ1v) is 16.4. The first-order chi connectivity index (χ1) is 23.8. The molecule has 0 fully saturated rings. The smallest absolute Gasteiger partial charge is 0.131 e. The zero-order valence-corrected chi connectivity index (χ0v) is 26.3. The van der Waals surface area contributed by atoms with Gasteiger partial charge in [0, 0.05) is 22.6 Å². The van der Waals surface area contributed by atoms with Crippen LogP contribution in [-0.2, 0) is 0 Å². The Morgan fingerprint density at radius 2 is 1.10 bits per heavy atom. The summed E-state index contributed by atoms with van der Waals surface area (Å²) in [6.07, 6.45) is 1.71. The van der Waals surface area contributed by atoms with Crippen molar-refractivity contribution in [1.82, 2.24) is 10.6 Å². The Morgan fingerprint density at radius 1 is 0.500 bits per heavy atom. The zero-order valence-electron chi connectivity index (χ0n) is 26.3. The van der Waals surface area contributed by atoms with Gasteiger partial charge in [-0.25, -0.2) is 4.99 Å². The van der Waals surface area contributed by atoms with Crippen LogP contribution in [0, 0.1) is 0 Å². The van der Waals surface area contributed by atoms with Gasteiger partial charge in [0.25, 0.3) is 0 Å². The van der Waals surface area contributed by atoms with E-state index >= 15 is 0 Å². The van der Waals surface area contributed by atoms with E-state index in [2.05, 4.69) is 155 Å². The summed E-state index contributed by atoms with van der Waals surface area (Å²) < 4.78 is 0. The third-order valence-electron chi connectivity index (χ3n) is 9.37. The topological polar surface area (TPSA) is 60.8 Å². The minimum absolute atomic E-state index is 0.0770. The molecule has 2 aliphatic heterocycles. The van der Waals surface area contributed by atoms with Crippen LogP contribution in [0.25, 0.3) is 43.8 Å². The molecule has 2 aliphatic rings. The summed E-state index contributed by atoms with van der Waals surface area (Å²) in [4.78, 5) is 9.97. The van der Waals surface area contributed by atoms with Crippen molar-refractivity contribution in [1.29, 1.82) is 0 Å². The average Bonchev–Trinajstić information content (AvgIpc) is 3.18. The summed E-state index contributed by atoms with van der Waals surface area (Å²) in [6, 6.07) is 53.8. The van der Waals surface area contributed by atoms with Crippen molar-refractivity contribution >= 4 is 45.0 Å². The number of nitrogens with zero attached hydrogens (tertiary/aromatic N) is 2. The van der Waals surface area contributed by atoms with Crippen LogP contribution < -0.4 is 16.0 Å². The van der Waals surface area contributed by atoms with Crippen LogP contribution in [0.15, 0.2) is 162 Å². The van der Waals surface area contributed by atoms with Gasteiger partial charge in [-0.05, 0) is 62.4 Å². The molecule has 2 heterocycles. The minimum atomic E-state index is -0.171. The molecule has 7 aromatic carbocycles. The third kappa shape index (κ3) is 5.11. The van der Waals surface area contributed by atoms with Crippen molar-refractivity contribution in [3.05, 3.63) is 168 Å². The quantitative estimate of drug-likeness (QED) is 0.168. The maximum Gasteiger partial charge on any atom is 0.131 e. The second kappa shape index (κ2) is 12.0. The lowest BCUT2D eigenvalue weighted by Gasteiger charge is -2.32. The van der Waals surface area contributed by atoms with Crippen LogP contribution in [0.1, 0.15) is 29.0 Å².